The number of carbonyl (C=O) groups is 1. The van der Waals surface area contributed by atoms with Crippen LogP contribution < -0.4 is 10.2 Å². The number of benzene rings is 2. The van der Waals surface area contributed by atoms with E-state index in [1.54, 1.807) is 12.1 Å². The average molecular weight is 480 g/mol. The predicted molar refractivity (Wildman–Crippen MR) is 126 cm³/mol. The van der Waals surface area contributed by atoms with Crippen LogP contribution in [-0.4, -0.2) is 36.2 Å². The quantitative estimate of drug-likeness (QED) is 0.533. The molecule has 0 spiro atoms. The second-order valence-electron chi connectivity index (χ2n) is 8.47. The maximum absolute atomic E-state index is 13.6. The Balaban J connectivity index is 1.56. The van der Waals surface area contributed by atoms with Crippen molar-refractivity contribution in [3.05, 3.63) is 77.5 Å². The van der Waals surface area contributed by atoms with Gasteiger partial charge in [0.15, 0.2) is 0 Å². The highest BCUT2D eigenvalue weighted by molar-refractivity contribution is 6.05. The van der Waals surface area contributed by atoms with Crippen LogP contribution in [0.5, 0.6) is 0 Å². The van der Waals surface area contributed by atoms with Gasteiger partial charge in [-0.15, -0.1) is 0 Å². The number of aromatic nitrogens is 1. The zero-order chi connectivity index (χ0) is 25.2. The number of nitrogens with one attached hydrogen (secondary N) is 1. The number of halogens is 3. The molecule has 1 aliphatic rings. The smallest absolute Gasteiger partial charge is 0.372 e. The fourth-order valence-electron chi connectivity index (χ4n) is 4.11. The summed E-state index contributed by atoms with van der Waals surface area (Å²) in [4.78, 5) is 19.4. The molecule has 3 aromatic rings. The van der Waals surface area contributed by atoms with Crippen LogP contribution >= 0.6 is 0 Å². The van der Waals surface area contributed by atoms with Gasteiger partial charge in [-0.05, 0) is 67.4 Å². The summed E-state index contributed by atoms with van der Waals surface area (Å²) in [7, 11) is 0. The molecule has 1 saturated heterocycles. The molecule has 1 amide bonds. The summed E-state index contributed by atoms with van der Waals surface area (Å²) >= 11 is 0. The minimum absolute atomic E-state index is 0.0669. The van der Waals surface area contributed by atoms with Crippen molar-refractivity contribution in [1.29, 1.82) is 5.26 Å². The highest BCUT2D eigenvalue weighted by Crippen LogP contribution is 2.38. The Morgan fingerprint density at radius 1 is 1.09 bits per heavy atom. The fraction of sp³-hybridized carbons (Fsp3) is 0.269. The molecular formula is C26H23F3N4O2. The van der Waals surface area contributed by atoms with E-state index in [9.17, 15) is 18.0 Å². The minimum Gasteiger partial charge on any atom is -0.372 e. The third-order valence-electron chi connectivity index (χ3n) is 5.66. The second-order valence-corrected chi connectivity index (χ2v) is 8.47. The Morgan fingerprint density at radius 2 is 1.77 bits per heavy atom. The van der Waals surface area contributed by atoms with E-state index in [-0.39, 0.29) is 28.9 Å². The molecule has 2 aromatic carbocycles. The number of hydrogen-bond donors (Lipinski definition) is 1. The number of hydrogen-bond acceptors (Lipinski definition) is 5. The number of pyridine rings is 1. The Kier molecular flexibility index (Phi) is 6.76. The van der Waals surface area contributed by atoms with Gasteiger partial charge >= 0.3 is 6.18 Å². The molecule has 6 nitrogen and oxygen atoms in total. The summed E-state index contributed by atoms with van der Waals surface area (Å²) in [5.74, 6) is 0.194. The average Bonchev–Trinajstić information content (AvgIpc) is 2.83. The third-order valence-corrected chi connectivity index (χ3v) is 5.66. The molecular weight excluding hydrogens is 457 g/mol. The minimum atomic E-state index is -4.60. The van der Waals surface area contributed by atoms with Gasteiger partial charge in [-0.1, -0.05) is 12.1 Å². The van der Waals surface area contributed by atoms with Crippen molar-refractivity contribution in [1.82, 2.24) is 4.98 Å². The lowest BCUT2D eigenvalue weighted by molar-refractivity contribution is -0.137. The van der Waals surface area contributed by atoms with E-state index in [0.717, 1.165) is 18.0 Å². The normalized spacial score (nSPS) is 18.1. The molecule has 1 fully saturated rings. The highest BCUT2D eigenvalue weighted by atomic mass is 19.4. The van der Waals surface area contributed by atoms with Crippen molar-refractivity contribution in [3.8, 4) is 17.2 Å². The van der Waals surface area contributed by atoms with Gasteiger partial charge in [-0.25, -0.2) is 4.98 Å². The van der Waals surface area contributed by atoms with E-state index in [1.807, 2.05) is 19.9 Å². The van der Waals surface area contributed by atoms with Crippen molar-refractivity contribution >= 4 is 17.4 Å². The van der Waals surface area contributed by atoms with Crippen molar-refractivity contribution in [2.24, 2.45) is 0 Å². The maximum Gasteiger partial charge on any atom is 0.417 e. The molecule has 2 heterocycles. The molecule has 1 N–H and O–H groups in total. The molecule has 180 valence electrons. The first-order valence-electron chi connectivity index (χ1n) is 11.0. The van der Waals surface area contributed by atoms with Crippen LogP contribution in [0.1, 0.15) is 35.3 Å². The largest absolute Gasteiger partial charge is 0.417 e. The summed E-state index contributed by atoms with van der Waals surface area (Å²) < 4.78 is 46.6. The first-order valence-corrected chi connectivity index (χ1v) is 11.0. The van der Waals surface area contributed by atoms with E-state index in [0.29, 0.717) is 24.3 Å². The lowest BCUT2D eigenvalue weighted by atomic mass is 9.96. The van der Waals surface area contributed by atoms with Crippen LogP contribution in [-0.2, 0) is 10.9 Å². The van der Waals surface area contributed by atoms with Crippen LogP contribution in [0.4, 0.5) is 24.7 Å². The lowest BCUT2D eigenvalue weighted by Crippen LogP contribution is -2.45. The standard InChI is InChI=1S/C26H23F3N4O2/c1-16-14-33(15-17(2)35-16)24-10-8-21(13-31-24)32-25(34)20-7-9-23(26(27,28)29)22(11-20)19-5-3-18(12-30)4-6-19/h3-11,13,16-17H,14-15H2,1-2H3,(H,32,34)/t16-,17+. The monoisotopic (exact) mass is 480 g/mol. The summed E-state index contributed by atoms with van der Waals surface area (Å²) in [5.41, 5.74) is 0.0710. The van der Waals surface area contributed by atoms with Crippen molar-refractivity contribution in [3.63, 3.8) is 0 Å². The fourth-order valence-corrected chi connectivity index (χ4v) is 4.11. The number of amides is 1. The molecule has 4 rings (SSSR count). The van der Waals surface area contributed by atoms with Crippen LogP contribution in [0.3, 0.4) is 0 Å². The van der Waals surface area contributed by atoms with E-state index in [1.165, 1.54) is 36.5 Å². The Hall–Kier alpha value is -3.90. The molecule has 9 heteroatoms. The Morgan fingerprint density at radius 3 is 2.34 bits per heavy atom. The van der Waals surface area contributed by atoms with Gasteiger partial charge in [-0.2, -0.15) is 18.4 Å². The number of carbonyl (C=O) groups excluding carboxylic acids is 1. The third kappa shape index (κ3) is 5.61. The summed E-state index contributed by atoms with van der Waals surface area (Å²) in [5, 5.41) is 11.7. The van der Waals surface area contributed by atoms with Crippen LogP contribution in [0.25, 0.3) is 11.1 Å². The Bertz CT molecular complexity index is 1240. The van der Waals surface area contributed by atoms with Gasteiger partial charge in [0, 0.05) is 18.7 Å². The summed E-state index contributed by atoms with van der Waals surface area (Å²) in [6, 6.07) is 14.4. The number of morpholine rings is 1. The predicted octanol–water partition coefficient (Wildman–Crippen LogP) is 5.50. The first-order chi connectivity index (χ1) is 16.6. The molecule has 35 heavy (non-hydrogen) atoms. The van der Waals surface area contributed by atoms with Crippen molar-refractivity contribution < 1.29 is 22.7 Å². The summed E-state index contributed by atoms with van der Waals surface area (Å²) in [6.07, 6.45) is -2.94. The maximum atomic E-state index is 13.6. The Labute approximate surface area is 201 Å². The number of anilines is 2. The zero-order valence-electron chi connectivity index (χ0n) is 19.1. The van der Waals surface area contributed by atoms with E-state index in [4.69, 9.17) is 10.00 Å². The molecule has 1 aliphatic heterocycles. The van der Waals surface area contributed by atoms with E-state index < -0.39 is 17.6 Å². The second kappa shape index (κ2) is 9.76. The molecule has 1 aromatic heterocycles. The molecule has 0 unspecified atom stereocenters. The van der Waals surface area contributed by atoms with Crippen molar-refractivity contribution in [2.45, 2.75) is 32.2 Å². The highest BCUT2D eigenvalue weighted by Gasteiger charge is 2.34. The molecule has 0 bridgehead atoms. The molecule has 2 atom stereocenters. The molecule has 0 aliphatic carbocycles. The number of ether oxygens (including phenoxy) is 1. The first kappa shape index (κ1) is 24.2. The van der Waals surface area contributed by atoms with Crippen LogP contribution in [0, 0.1) is 11.3 Å². The lowest BCUT2D eigenvalue weighted by Gasteiger charge is -2.36. The van der Waals surface area contributed by atoms with Crippen molar-refractivity contribution in [2.75, 3.05) is 23.3 Å². The molecule has 0 saturated carbocycles. The topological polar surface area (TPSA) is 78.3 Å². The number of rotatable bonds is 4. The molecule has 0 radical (unpaired) electrons. The van der Waals surface area contributed by atoms with Gasteiger partial charge in [0.2, 0.25) is 0 Å². The van der Waals surface area contributed by atoms with Gasteiger partial charge in [0.25, 0.3) is 5.91 Å². The SMILES string of the molecule is C[C@@H]1CN(c2ccc(NC(=O)c3ccc(C(F)(F)F)c(-c4ccc(C#N)cc4)c3)cn2)C[C@H](C)O1. The van der Waals surface area contributed by atoms with E-state index in [2.05, 4.69) is 15.2 Å². The van der Waals surface area contributed by atoms with Gasteiger partial charge in [-0.3, -0.25) is 4.79 Å². The summed E-state index contributed by atoms with van der Waals surface area (Å²) in [6.45, 7) is 5.39. The van der Waals surface area contributed by atoms with Gasteiger partial charge in [0.05, 0.1) is 41.3 Å². The van der Waals surface area contributed by atoms with Crippen LogP contribution in [0.15, 0.2) is 60.8 Å². The van der Waals surface area contributed by atoms with Gasteiger partial charge < -0.3 is 15.0 Å². The number of alkyl halides is 3. The van der Waals surface area contributed by atoms with E-state index >= 15 is 0 Å². The zero-order valence-corrected chi connectivity index (χ0v) is 19.1. The van der Waals surface area contributed by atoms with Crippen LogP contribution in [0.2, 0.25) is 0 Å². The number of nitriles is 1. The van der Waals surface area contributed by atoms with Gasteiger partial charge in [0.1, 0.15) is 5.82 Å². The number of nitrogens with zero attached hydrogens (tertiary/aromatic N) is 3.